The molecule has 1 unspecified atom stereocenters. The van der Waals surface area contributed by atoms with E-state index in [2.05, 4.69) is 11.9 Å². The van der Waals surface area contributed by atoms with Crippen LogP contribution in [0, 0.1) is 5.92 Å². The Kier molecular flexibility index (Phi) is 3.00. The minimum Gasteiger partial charge on any atom is -0.467 e. The van der Waals surface area contributed by atoms with Gasteiger partial charge in [-0.1, -0.05) is 13.0 Å². The van der Waals surface area contributed by atoms with E-state index in [9.17, 15) is 9.59 Å². The number of rotatable bonds is 2. The van der Waals surface area contributed by atoms with Crippen molar-refractivity contribution in [2.75, 3.05) is 7.11 Å². The summed E-state index contributed by atoms with van der Waals surface area (Å²) in [5.41, 5.74) is -0.383. The van der Waals surface area contributed by atoms with Crippen LogP contribution in [0.4, 0.5) is 0 Å². The maximum atomic E-state index is 12.6. The Balaban J connectivity index is 1.93. The molecule has 2 aliphatic rings. The normalized spacial score (nSPS) is 31.4. The largest absolute Gasteiger partial charge is 0.467 e. The monoisotopic (exact) mass is 274 g/mol. The van der Waals surface area contributed by atoms with Crippen molar-refractivity contribution >= 4 is 11.9 Å². The Morgan fingerprint density at radius 2 is 2.20 bits per heavy atom. The van der Waals surface area contributed by atoms with Crippen molar-refractivity contribution in [3.05, 3.63) is 30.1 Å². The van der Waals surface area contributed by atoms with Gasteiger partial charge in [-0.25, -0.2) is 4.79 Å². The van der Waals surface area contributed by atoms with Crippen molar-refractivity contribution in [1.82, 2.24) is 9.88 Å². The number of methoxy groups -OCH3 is 1. The SMILES string of the molecule is COC(=O)C12C[C@H](C)C[C@H](C1)N2C(=O)c1ccccn1. The molecule has 0 aromatic carbocycles. The molecule has 5 heteroatoms. The van der Waals surface area contributed by atoms with Crippen LogP contribution >= 0.6 is 0 Å². The third-order valence-corrected chi connectivity index (χ3v) is 4.43. The van der Waals surface area contributed by atoms with E-state index in [1.54, 1.807) is 29.3 Å². The summed E-state index contributed by atoms with van der Waals surface area (Å²) in [6.45, 7) is 2.12. The van der Waals surface area contributed by atoms with Crippen LogP contribution in [0.15, 0.2) is 24.4 Å². The first-order valence-electron chi connectivity index (χ1n) is 6.91. The summed E-state index contributed by atoms with van der Waals surface area (Å²) in [4.78, 5) is 30.6. The van der Waals surface area contributed by atoms with Gasteiger partial charge in [0.2, 0.25) is 0 Å². The molecule has 2 bridgehead atoms. The van der Waals surface area contributed by atoms with Gasteiger partial charge in [-0.05, 0) is 30.9 Å². The number of fused-ring (bicyclic) bond motifs is 2. The summed E-state index contributed by atoms with van der Waals surface area (Å²) in [7, 11) is 1.38. The number of ether oxygens (including phenoxy) is 1. The maximum absolute atomic E-state index is 12.6. The molecule has 0 spiro atoms. The predicted octanol–water partition coefficient (Wildman–Crippen LogP) is 1.64. The molecule has 106 valence electrons. The van der Waals surface area contributed by atoms with E-state index in [4.69, 9.17) is 4.74 Å². The lowest BCUT2D eigenvalue weighted by atomic mass is 9.64. The van der Waals surface area contributed by atoms with E-state index in [1.807, 2.05) is 0 Å². The second-order valence-electron chi connectivity index (χ2n) is 5.82. The van der Waals surface area contributed by atoms with Crippen molar-refractivity contribution in [2.24, 2.45) is 5.92 Å². The first-order chi connectivity index (χ1) is 9.58. The highest BCUT2D eigenvalue weighted by molar-refractivity contribution is 5.98. The van der Waals surface area contributed by atoms with E-state index in [-0.39, 0.29) is 17.9 Å². The number of likely N-dealkylation sites (tertiary alicyclic amines) is 1. The molecule has 1 saturated heterocycles. The van der Waals surface area contributed by atoms with Gasteiger partial charge in [-0.3, -0.25) is 9.78 Å². The van der Waals surface area contributed by atoms with Gasteiger partial charge < -0.3 is 9.64 Å². The first-order valence-corrected chi connectivity index (χ1v) is 6.91. The van der Waals surface area contributed by atoms with Crippen molar-refractivity contribution in [2.45, 2.75) is 37.8 Å². The molecule has 0 N–H and O–H groups in total. The van der Waals surface area contributed by atoms with E-state index in [0.29, 0.717) is 24.5 Å². The van der Waals surface area contributed by atoms with Gasteiger partial charge in [-0.2, -0.15) is 0 Å². The first kappa shape index (κ1) is 13.1. The number of hydrogen-bond donors (Lipinski definition) is 0. The molecule has 2 heterocycles. The number of piperidine rings is 1. The summed E-state index contributed by atoms with van der Waals surface area (Å²) in [6, 6.07) is 5.37. The Hall–Kier alpha value is -1.91. The molecule has 1 aliphatic carbocycles. The lowest BCUT2D eigenvalue weighted by molar-refractivity contribution is -0.178. The van der Waals surface area contributed by atoms with Crippen LogP contribution < -0.4 is 0 Å². The van der Waals surface area contributed by atoms with Crippen LogP contribution in [0.5, 0.6) is 0 Å². The highest BCUT2D eigenvalue weighted by Crippen LogP contribution is 2.50. The van der Waals surface area contributed by atoms with Crippen molar-refractivity contribution in [3.63, 3.8) is 0 Å². The highest BCUT2D eigenvalue weighted by atomic mass is 16.5. The predicted molar refractivity (Wildman–Crippen MR) is 72.0 cm³/mol. The van der Waals surface area contributed by atoms with Crippen LogP contribution in [0.3, 0.4) is 0 Å². The van der Waals surface area contributed by atoms with Crippen LogP contribution in [-0.2, 0) is 9.53 Å². The zero-order valence-electron chi connectivity index (χ0n) is 11.7. The summed E-state index contributed by atoms with van der Waals surface area (Å²) in [5.74, 6) is -0.0376. The summed E-state index contributed by atoms with van der Waals surface area (Å²) < 4.78 is 4.94. The number of carbonyl (C=O) groups is 2. The molecule has 2 fully saturated rings. The fourth-order valence-electron chi connectivity index (χ4n) is 3.74. The Morgan fingerprint density at radius 3 is 2.85 bits per heavy atom. The van der Waals surface area contributed by atoms with E-state index >= 15 is 0 Å². The zero-order valence-corrected chi connectivity index (χ0v) is 11.7. The van der Waals surface area contributed by atoms with Gasteiger partial charge in [0.15, 0.2) is 0 Å². The van der Waals surface area contributed by atoms with E-state index in [0.717, 1.165) is 6.42 Å². The van der Waals surface area contributed by atoms with Crippen LogP contribution in [0.25, 0.3) is 0 Å². The molecule has 0 radical (unpaired) electrons. The van der Waals surface area contributed by atoms with Gasteiger partial charge in [-0.15, -0.1) is 0 Å². The molecule has 5 nitrogen and oxygen atoms in total. The lowest BCUT2D eigenvalue weighted by Crippen LogP contribution is -2.75. The molecular formula is C15H18N2O3. The fourth-order valence-corrected chi connectivity index (χ4v) is 3.74. The molecule has 3 atom stereocenters. The number of nitrogens with zero attached hydrogens (tertiary/aromatic N) is 2. The Morgan fingerprint density at radius 1 is 1.40 bits per heavy atom. The molecule has 1 amide bonds. The van der Waals surface area contributed by atoms with Crippen molar-refractivity contribution in [1.29, 1.82) is 0 Å². The smallest absolute Gasteiger partial charge is 0.331 e. The molecule has 3 rings (SSSR count). The Bertz CT molecular complexity index is 545. The number of esters is 1. The minimum atomic E-state index is -0.772. The molecule has 1 aromatic heterocycles. The zero-order chi connectivity index (χ0) is 14.3. The number of amides is 1. The summed E-state index contributed by atoms with van der Waals surface area (Å²) in [6.07, 6.45) is 3.92. The third-order valence-electron chi connectivity index (χ3n) is 4.43. The standard InChI is InChI=1S/C15H18N2O3/c1-10-7-11-9-15(8-10,14(19)20-2)17(11)13(18)12-5-3-4-6-16-12/h3-6,10-11H,7-9H2,1-2H3/t10-,11-,15?/m1/s1. The Labute approximate surface area is 117 Å². The number of aromatic nitrogens is 1. The molecule has 20 heavy (non-hydrogen) atoms. The van der Waals surface area contributed by atoms with Crippen LogP contribution in [-0.4, -0.2) is 40.5 Å². The van der Waals surface area contributed by atoms with Crippen LogP contribution in [0.1, 0.15) is 36.7 Å². The molecular weight excluding hydrogens is 256 g/mol. The van der Waals surface area contributed by atoms with Gasteiger partial charge in [0.25, 0.3) is 5.91 Å². The summed E-state index contributed by atoms with van der Waals surface area (Å²) >= 11 is 0. The average molecular weight is 274 g/mol. The van der Waals surface area contributed by atoms with Gasteiger partial charge in [0.05, 0.1) is 7.11 Å². The maximum Gasteiger partial charge on any atom is 0.331 e. The fraction of sp³-hybridized carbons (Fsp3) is 0.533. The van der Waals surface area contributed by atoms with E-state index in [1.165, 1.54) is 7.11 Å². The van der Waals surface area contributed by atoms with Crippen LogP contribution in [0.2, 0.25) is 0 Å². The van der Waals surface area contributed by atoms with Gasteiger partial charge >= 0.3 is 5.97 Å². The lowest BCUT2D eigenvalue weighted by Gasteiger charge is -2.61. The number of pyridine rings is 1. The van der Waals surface area contributed by atoms with Crippen molar-refractivity contribution < 1.29 is 14.3 Å². The minimum absolute atomic E-state index is 0.132. The molecule has 1 aliphatic heterocycles. The second kappa shape index (κ2) is 4.58. The van der Waals surface area contributed by atoms with E-state index < -0.39 is 5.54 Å². The molecule has 1 saturated carbocycles. The highest BCUT2D eigenvalue weighted by Gasteiger charge is 2.63. The third kappa shape index (κ3) is 1.72. The number of carbonyl (C=O) groups excluding carboxylic acids is 2. The topological polar surface area (TPSA) is 59.5 Å². The van der Waals surface area contributed by atoms with Gasteiger partial charge in [0, 0.05) is 18.7 Å². The average Bonchev–Trinajstić information content (AvgIpc) is 2.46. The number of hydrogen-bond acceptors (Lipinski definition) is 4. The van der Waals surface area contributed by atoms with Gasteiger partial charge in [0.1, 0.15) is 11.2 Å². The molecule has 1 aromatic rings. The quantitative estimate of drug-likeness (QED) is 0.769. The summed E-state index contributed by atoms with van der Waals surface area (Å²) in [5, 5.41) is 0. The second-order valence-corrected chi connectivity index (χ2v) is 5.82. The van der Waals surface area contributed by atoms with Crippen molar-refractivity contribution in [3.8, 4) is 0 Å².